The third kappa shape index (κ3) is 4.16. The third-order valence-electron chi connectivity index (χ3n) is 4.95. The zero-order chi connectivity index (χ0) is 21.0. The monoisotopic (exact) mass is 412 g/mol. The van der Waals surface area contributed by atoms with E-state index in [-0.39, 0.29) is 23.4 Å². The molecule has 1 N–H and O–H groups in total. The molecule has 1 aliphatic carbocycles. The van der Waals surface area contributed by atoms with Crippen LogP contribution in [0.1, 0.15) is 40.1 Å². The van der Waals surface area contributed by atoms with Crippen molar-refractivity contribution < 1.29 is 18.0 Å². The Labute approximate surface area is 171 Å². The van der Waals surface area contributed by atoms with Crippen LogP contribution in [0.2, 0.25) is 0 Å². The van der Waals surface area contributed by atoms with Crippen LogP contribution in [0.5, 0.6) is 0 Å². The van der Waals surface area contributed by atoms with Crippen molar-refractivity contribution in [3.8, 4) is 0 Å². The van der Waals surface area contributed by atoms with Crippen LogP contribution in [-0.4, -0.2) is 44.5 Å². The summed E-state index contributed by atoms with van der Waals surface area (Å²) in [6.07, 6.45) is 0.479. The summed E-state index contributed by atoms with van der Waals surface area (Å²) in [5.41, 5.74) is 1.29. The minimum absolute atomic E-state index is 0.0501. The Morgan fingerprint density at radius 3 is 1.97 bits per heavy atom. The highest BCUT2D eigenvalue weighted by Gasteiger charge is 2.40. The zero-order valence-electron chi connectivity index (χ0n) is 16.5. The lowest BCUT2D eigenvalue weighted by atomic mass is 9.92. The SMILES string of the molecule is CCN(CC)C1=C(S(=O)(=O)NCCc2ccccc2)C(=O)c2ccccc2C1=O. The fourth-order valence-corrected chi connectivity index (χ4v) is 4.81. The number of hydrogen-bond donors (Lipinski definition) is 1. The Morgan fingerprint density at radius 1 is 0.828 bits per heavy atom. The van der Waals surface area contributed by atoms with Gasteiger partial charge in [0.2, 0.25) is 21.6 Å². The molecule has 3 rings (SSSR count). The smallest absolute Gasteiger partial charge is 0.246 e. The number of benzene rings is 2. The van der Waals surface area contributed by atoms with E-state index in [0.717, 1.165) is 5.56 Å². The van der Waals surface area contributed by atoms with Gasteiger partial charge in [0.25, 0.3) is 0 Å². The van der Waals surface area contributed by atoms with Gasteiger partial charge in [-0.3, -0.25) is 9.59 Å². The molecule has 0 bridgehead atoms. The normalized spacial score (nSPS) is 14.1. The number of likely N-dealkylation sites (N-methyl/N-ethyl adjacent to an activating group) is 1. The Bertz CT molecular complexity index is 1060. The summed E-state index contributed by atoms with van der Waals surface area (Å²) in [5.74, 6) is -1.08. The molecule has 29 heavy (non-hydrogen) atoms. The van der Waals surface area contributed by atoms with Crippen LogP contribution in [-0.2, 0) is 16.4 Å². The zero-order valence-corrected chi connectivity index (χ0v) is 17.3. The van der Waals surface area contributed by atoms with Gasteiger partial charge in [0, 0.05) is 30.8 Å². The molecule has 0 atom stereocenters. The van der Waals surface area contributed by atoms with Crippen molar-refractivity contribution >= 4 is 21.6 Å². The highest BCUT2D eigenvalue weighted by atomic mass is 32.2. The second kappa shape index (κ2) is 8.71. The Kier molecular flexibility index (Phi) is 6.30. The second-order valence-corrected chi connectivity index (χ2v) is 8.39. The van der Waals surface area contributed by atoms with Gasteiger partial charge in [0.15, 0.2) is 4.91 Å². The van der Waals surface area contributed by atoms with E-state index in [0.29, 0.717) is 19.5 Å². The maximum absolute atomic E-state index is 13.1. The number of carbonyl (C=O) groups excluding carboxylic acids is 2. The number of ketones is 2. The molecular formula is C22H24N2O4S. The number of fused-ring (bicyclic) bond motifs is 1. The number of carbonyl (C=O) groups is 2. The highest BCUT2D eigenvalue weighted by Crippen LogP contribution is 2.31. The van der Waals surface area contributed by atoms with Gasteiger partial charge in [-0.2, -0.15) is 0 Å². The van der Waals surface area contributed by atoms with Gasteiger partial charge in [0.05, 0.1) is 0 Å². The fraction of sp³-hybridized carbons (Fsp3) is 0.273. The standard InChI is InChI=1S/C22H24N2O4S/c1-3-24(4-2)19-20(25)17-12-8-9-13-18(17)21(26)22(19)29(27,28)23-15-14-16-10-6-5-7-11-16/h5-13,23H,3-4,14-15H2,1-2H3. The first-order valence-corrected chi connectivity index (χ1v) is 11.1. The molecule has 6 nitrogen and oxygen atoms in total. The van der Waals surface area contributed by atoms with E-state index in [2.05, 4.69) is 4.72 Å². The highest BCUT2D eigenvalue weighted by molar-refractivity contribution is 7.94. The average Bonchev–Trinajstić information content (AvgIpc) is 2.73. The van der Waals surface area contributed by atoms with Gasteiger partial charge in [0.1, 0.15) is 5.70 Å². The van der Waals surface area contributed by atoms with Gasteiger partial charge in [-0.25, -0.2) is 13.1 Å². The van der Waals surface area contributed by atoms with E-state index >= 15 is 0 Å². The number of nitrogens with one attached hydrogen (secondary N) is 1. The Hall–Kier alpha value is -2.77. The molecule has 2 aromatic rings. The summed E-state index contributed by atoms with van der Waals surface area (Å²) in [5, 5.41) is 0. The van der Waals surface area contributed by atoms with E-state index in [1.165, 1.54) is 6.07 Å². The quantitative estimate of drug-likeness (QED) is 0.721. The van der Waals surface area contributed by atoms with E-state index in [1.807, 2.05) is 44.2 Å². The molecule has 0 fully saturated rings. The predicted molar refractivity (Wildman–Crippen MR) is 112 cm³/mol. The maximum atomic E-state index is 13.1. The number of nitrogens with zero attached hydrogens (tertiary/aromatic N) is 1. The molecule has 2 aromatic carbocycles. The number of hydrogen-bond acceptors (Lipinski definition) is 5. The van der Waals surface area contributed by atoms with E-state index in [1.54, 1.807) is 23.1 Å². The van der Waals surface area contributed by atoms with Crippen LogP contribution < -0.4 is 4.72 Å². The van der Waals surface area contributed by atoms with Gasteiger partial charge >= 0.3 is 0 Å². The Morgan fingerprint density at radius 2 is 1.38 bits per heavy atom. The van der Waals surface area contributed by atoms with Crippen molar-refractivity contribution in [3.63, 3.8) is 0 Å². The van der Waals surface area contributed by atoms with Crippen LogP contribution in [0.15, 0.2) is 65.2 Å². The van der Waals surface area contributed by atoms with Crippen LogP contribution in [0.3, 0.4) is 0 Å². The van der Waals surface area contributed by atoms with Crippen LogP contribution in [0, 0.1) is 0 Å². The Balaban J connectivity index is 2.00. The molecule has 7 heteroatoms. The average molecular weight is 413 g/mol. The van der Waals surface area contributed by atoms with Gasteiger partial charge in [-0.1, -0.05) is 54.6 Å². The second-order valence-electron chi connectivity index (χ2n) is 6.69. The molecule has 0 radical (unpaired) electrons. The van der Waals surface area contributed by atoms with E-state index < -0.39 is 26.5 Å². The summed E-state index contributed by atoms with van der Waals surface area (Å²) >= 11 is 0. The number of Topliss-reactive ketones (excluding diaryl/α,β-unsaturated/α-hetero) is 2. The molecule has 0 saturated carbocycles. The number of allylic oxidation sites excluding steroid dienone is 2. The minimum Gasteiger partial charge on any atom is -0.368 e. The van der Waals surface area contributed by atoms with Crippen molar-refractivity contribution in [3.05, 3.63) is 81.9 Å². The number of sulfonamides is 1. The lowest BCUT2D eigenvalue weighted by molar-refractivity contribution is 0.0949. The van der Waals surface area contributed by atoms with Crippen molar-refractivity contribution in [1.29, 1.82) is 0 Å². The van der Waals surface area contributed by atoms with Gasteiger partial charge in [-0.15, -0.1) is 0 Å². The van der Waals surface area contributed by atoms with E-state index in [4.69, 9.17) is 0 Å². The van der Waals surface area contributed by atoms with E-state index in [9.17, 15) is 18.0 Å². The maximum Gasteiger partial charge on any atom is 0.246 e. The predicted octanol–water partition coefficient (Wildman–Crippen LogP) is 2.78. The first kappa shape index (κ1) is 21.0. The molecule has 0 aromatic heterocycles. The molecular weight excluding hydrogens is 388 g/mol. The van der Waals surface area contributed by atoms with Crippen molar-refractivity contribution in [2.45, 2.75) is 20.3 Å². The molecule has 152 valence electrons. The summed E-state index contributed by atoms with van der Waals surface area (Å²) in [6, 6.07) is 15.8. The molecule has 0 saturated heterocycles. The van der Waals surface area contributed by atoms with Crippen LogP contribution in [0.4, 0.5) is 0 Å². The topological polar surface area (TPSA) is 83.6 Å². The van der Waals surface area contributed by atoms with Gasteiger partial charge < -0.3 is 4.90 Å². The summed E-state index contributed by atoms with van der Waals surface area (Å²) < 4.78 is 28.7. The van der Waals surface area contributed by atoms with Gasteiger partial charge in [-0.05, 0) is 25.8 Å². The molecule has 0 unspecified atom stereocenters. The molecule has 1 aliphatic rings. The van der Waals surface area contributed by atoms with Crippen LogP contribution in [0.25, 0.3) is 0 Å². The fourth-order valence-electron chi connectivity index (χ4n) is 3.46. The summed E-state index contributed by atoms with van der Waals surface area (Å²) in [7, 11) is -4.18. The number of rotatable bonds is 8. The summed E-state index contributed by atoms with van der Waals surface area (Å²) in [4.78, 5) is 27.4. The van der Waals surface area contributed by atoms with Crippen molar-refractivity contribution in [1.82, 2.24) is 9.62 Å². The summed E-state index contributed by atoms with van der Waals surface area (Å²) in [6.45, 7) is 4.60. The molecule has 0 heterocycles. The van der Waals surface area contributed by atoms with Crippen molar-refractivity contribution in [2.75, 3.05) is 19.6 Å². The molecule has 0 aliphatic heterocycles. The minimum atomic E-state index is -4.18. The first-order chi connectivity index (χ1) is 13.9. The largest absolute Gasteiger partial charge is 0.368 e. The first-order valence-electron chi connectivity index (χ1n) is 9.62. The van der Waals surface area contributed by atoms with Crippen LogP contribution >= 0.6 is 0 Å². The lowest BCUT2D eigenvalue weighted by Gasteiger charge is -2.29. The molecule has 0 amide bonds. The lowest BCUT2D eigenvalue weighted by Crippen LogP contribution is -2.40. The van der Waals surface area contributed by atoms with Crippen molar-refractivity contribution in [2.24, 2.45) is 0 Å². The third-order valence-corrected chi connectivity index (χ3v) is 6.45. The molecule has 0 spiro atoms.